The lowest BCUT2D eigenvalue weighted by molar-refractivity contribution is 1.21. The molecular formula is C9H8ClN5S. The van der Waals surface area contributed by atoms with Crippen molar-refractivity contribution in [1.29, 1.82) is 0 Å². The molecule has 0 amide bonds. The van der Waals surface area contributed by atoms with E-state index < -0.39 is 0 Å². The largest absolute Gasteiger partial charge is 0.382 e. The fourth-order valence-corrected chi connectivity index (χ4v) is 2.05. The minimum absolute atomic E-state index is 0. The summed E-state index contributed by atoms with van der Waals surface area (Å²) in [5.74, 6) is 1.19. The van der Waals surface area contributed by atoms with Gasteiger partial charge in [-0.1, -0.05) is 6.07 Å². The van der Waals surface area contributed by atoms with Gasteiger partial charge in [-0.05, 0) is 11.4 Å². The summed E-state index contributed by atoms with van der Waals surface area (Å²) in [6.07, 6.45) is 1.42. The Morgan fingerprint density at radius 1 is 1.31 bits per heavy atom. The highest BCUT2D eigenvalue weighted by molar-refractivity contribution is 7.13. The second-order valence-corrected chi connectivity index (χ2v) is 3.97. The first kappa shape index (κ1) is 10.8. The summed E-state index contributed by atoms with van der Waals surface area (Å²) in [5.41, 5.74) is 6.99. The van der Waals surface area contributed by atoms with E-state index in [1.54, 1.807) is 11.3 Å². The molecule has 3 heterocycles. The Balaban J connectivity index is 0.000000963. The van der Waals surface area contributed by atoms with Crippen LogP contribution >= 0.6 is 23.7 Å². The number of H-pyrrole nitrogens is 1. The van der Waals surface area contributed by atoms with E-state index in [0.717, 1.165) is 10.7 Å². The highest BCUT2D eigenvalue weighted by Gasteiger charge is 2.09. The number of halogens is 1. The molecule has 0 saturated carbocycles. The molecule has 0 saturated heterocycles. The molecule has 0 aliphatic heterocycles. The van der Waals surface area contributed by atoms with Crippen molar-refractivity contribution in [2.75, 3.05) is 5.73 Å². The average Bonchev–Trinajstić information content (AvgIpc) is 2.86. The van der Waals surface area contributed by atoms with Crippen LogP contribution in [0.2, 0.25) is 0 Å². The average molecular weight is 254 g/mol. The van der Waals surface area contributed by atoms with Crippen LogP contribution in [0.1, 0.15) is 0 Å². The molecule has 16 heavy (non-hydrogen) atoms. The van der Waals surface area contributed by atoms with E-state index in [-0.39, 0.29) is 12.4 Å². The van der Waals surface area contributed by atoms with E-state index in [4.69, 9.17) is 5.73 Å². The van der Waals surface area contributed by atoms with Crippen LogP contribution in [-0.4, -0.2) is 19.9 Å². The maximum absolute atomic E-state index is 5.69. The van der Waals surface area contributed by atoms with Gasteiger partial charge in [-0.25, -0.2) is 15.0 Å². The monoisotopic (exact) mass is 253 g/mol. The third kappa shape index (κ3) is 1.62. The van der Waals surface area contributed by atoms with Gasteiger partial charge in [0.05, 0.1) is 4.88 Å². The summed E-state index contributed by atoms with van der Waals surface area (Å²) in [6.45, 7) is 0. The van der Waals surface area contributed by atoms with Gasteiger partial charge in [0.25, 0.3) is 0 Å². The lowest BCUT2D eigenvalue weighted by atomic mass is 10.4. The molecule has 0 unspecified atom stereocenters. The number of nitrogens with zero attached hydrogens (tertiary/aromatic N) is 3. The summed E-state index contributed by atoms with van der Waals surface area (Å²) in [7, 11) is 0. The fraction of sp³-hybridized carbons (Fsp3) is 0. The first-order valence-electron chi connectivity index (χ1n) is 4.34. The molecule has 3 aromatic rings. The van der Waals surface area contributed by atoms with Crippen LogP contribution < -0.4 is 5.73 Å². The summed E-state index contributed by atoms with van der Waals surface area (Å²) < 4.78 is 0. The van der Waals surface area contributed by atoms with Crippen molar-refractivity contribution in [3.05, 3.63) is 23.8 Å². The van der Waals surface area contributed by atoms with Crippen LogP contribution in [0.5, 0.6) is 0 Å². The van der Waals surface area contributed by atoms with E-state index in [9.17, 15) is 0 Å². The SMILES string of the molecule is Cl.Nc1ncnc2[nH]c(-c3cccs3)nc12. The molecule has 82 valence electrons. The van der Waals surface area contributed by atoms with Crippen molar-refractivity contribution in [3.8, 4) is 10.7 Å². The first-order valence-corrected chi connectivity index (χ1v) is 5.22. The Labute approximate surface area is 101 Å². The molecule has 3 rings (SSSR count). The van der Waals surface area contributed by atoms with Crippen LogP contribution in [0.4, 0.5) is 5.82 Å². The van der Waals surface area contributed by atoms with Crippen molar-refractivity contribution >= 4 is 40.7 Å². The van der Waals surface area contributed by atoms with Crippen molar-refractivity contribution < 1.29 is 0 Å². The number of aromatic amines is 1. The Hall–Kier alpha value is -1.66. The maximum Gasteiger partial charge on any atom is 0.163 e. The Morgan fingerprint density at radius 2 is 2.19 bits per heavy atom. The topological polar surface area (TPSA) is 80.5 Å². The van der Waals surface area contributed by atoms with Gasteiger partial charge in [-0.2, -0.15) is 0 Å². The zero-order chi connectivity index (χ0) is 10.3. The number of aromatic nitrogens is 4. The smallest absolute Gasteiger partial charge is 0.163 e. The normalized spacial score (nSPS) is 10.2. The Kier molecular flexibility index (Phi) is 2.76. The second kappa shape index (κ2) is 4.07. The molecule has 0 radical (unpaired) electrons. The molecule has 0 spiro atoms. The van der Waals surface area contributed by atoms with Gasteiger partial charge in [-0.15, -0.1) is 23.7 Å². The number of thiophene rings is 1. The molecule has 0 bridgehead atoms. The highest BCUT2D eigenvalue weighted by atomic mass is 35.5. The Bertz CT molecular complexity index is 603. The van der Waals surface area contributed by atoms with E-state index >= 15 is 0 Å². The van der Waals surface area contributed by atoms with Crippen molar-refractivity contribution in [2.24, 2.45) is 0 Å². The molecule has 7 heteroatoms. The summed E-state index contributed by atoms with van der Waals surface area (Å²) in [5, 5.41) is 2.00. The van der Waals surface area contributed by atoms with Gasteiger partial charge in [0.15, 0.2) is 17.0 Å². The number of nitrogens with one attached hydrogen (secondary N) is 1. The molecule has 0 atom stereocenters. The van der Waals surface area contributed by atoms with Crippen LogP contribution in [0.25, 0.3) is 21.9 Å². The molecule has 3 aromatic heterocycles. The van der Waals surface area contributed by atoms with Gasteiger partial charge >= 0.3 is 0 Å². The van der Waals surface area contributed by atoms with E-state index in [2.05, 4.69) is 19.9 Å². The lowest BCUT2D eigenvalue weighted by Gasteiger charge is -1.88. The van der Waals surface area contributed by atoms with Gasteiger partial charge < -0.3 is 10.7 Å². The molecule has 0 aromatic carbocycles. The van der Waals surface area contributed by atoms with E-state index in [0.29, 0.717) is 17.0 Å². The van der Waals surface area contributed by atoms with Gasteiger partial charge in [0.2, 0.25) is 0 Å². The number of imidazole rings is 1. The maximum atomic E-state index is 5.69. The van der Waals surface area contributed by atoms with Crippen molar-refractivity contribution in [3.63, 3.8) is 0 Å². The minimum atomic E-state index is 0. The minimum Gasteiger partial charge on any atom is -0.382 e. The van der Waals surface area contributed by atoms with Crippen LogP contribution in [-0.2, 0) is 0 Å². The third-order valence-electron chi connectivity index (χ3n) is 2.07. The van der Waals surface area contributed by atoms with Crippen molar-refractivity contribution in [1.82, 2.24) is 19.9 Å². The van der Waals surface area contributed by atoms with Crippen LogP contribution in [0.3, 0.4) is 0 Å². The Morgan fingerprint density at radius 3 is 2.88 bits per heavy atom. The number of nitrogen functional groups attached to an aromatic ring is 1. The molecule has 3 N–H and O–H groups in total. The summed E-state index contributed by atoms with van der Waals surface area (Å²) in [6, 6.07) is 3.97. The fourth-order valence-electron chi connectivity index (χ4n) is 1.38. The number of hydrogen-bond acceptors (Lipinski definition) is 5. The predicted octanol–water partition coefficient (Wildman–Crippen LogP) is 2.09. The van der Waals surface area contributed by atoms with Crippen LogP contribution in [0, 0.1) is 0 Å². The van der Waals surface area contributed by atoms with Gasteiger partial charge in [0, 0.05) is 0 Å². The molecular weight excluding hydrogens is 246 g/mol. The standard InChI is InChI=1S/C9H7N5S.ClH/c10-7-6-9(12-4-11-7)14-8(13-6)5-2-1-3-15-5;/h1-4H,(H3,10,11,12,13,14);1H. The highest BCUT2D eigenvalue weighted by Crippen LogP contribution is 2.24. The third-order valence-corrected chi connectivity index (χ3v) is 2.94. The summed E-state index contributed by atoms with van der Waals surface area (Å²) in [4.78, 5) is 16.5. The number of hydrogen-bond donors (Lipinski definition) is 2. The molecule has 5 nitrogen and oxygen atoms in total. The van der Waals surface area contributed by atoms with Crippen molar-refractivity contribution in [2.45, 2.75) is 0 Å². The molecule has 0 aliphatic rings. The number of fused-ring (bicyclic) bond motifs is 1. The molecule has 0 fully saturated rings. The summed E-state index contributed by atoms with van der Waals surface area (Å²) >= 11 is 1.61. The lowest BCUT2D eigenvalue weighted by Crippen LogP contribution is -1.91. The molecule has 0 aliphatic carbocycles. The number of rotatable bonds is 1. The van der Waals surface area contributed by atoms with Crippen LogP contribution in [0.15, 0.2) is 23.8 Å². The second-order valence-electron chi connectivity index (χ2n) is 3.02. The first-order chi connectivity index (χ1) is 7.34. The van der Waals surface area contributed by atoms with Gasteiger partial charge in [0.1, 0.15) is 12.2 Å². The van der Waals surface area contributed by atoms with Gasteiger partial charge in [-0.3, -0.25) is 0 Å². The zero-order valence-electron chi connectivity index (χ0n) is 8.04. The number of anilines is 1. The number of nitrogens with two attached hydrogens (primary N) is 1. The zero-order valence-corrected chi connectivity index (χ0v) is 9.68. The predicted molar refractivity (Wildman–Crippen MR) is 66.7 cm³/mol. The van der Waals surface area contributed by atoms with E-state index in [1.807, 2.05) is 17.5 Å². The van der Waals surface area contributed by atoms with E-state index in [1.165, 1.54) is 6.33 Å². The quantitative estimate of drug-likeness (QED) is 0.696.